The molecule has 0 heterocycles. The molecular weight excluding hydrogens is 446 g/mol. The maximum atomic E-state index is 12.9. The molecule has 0 saturated carbocycles. The second kappa shape index (κ2) is 17.2. The first-order chi connectivity index (χ1) is 17.5. The van der Waals surface area contributed by atoms with Crippen molar-refractivity contribution >= 4 is 5.97 Å². The third-order valence-corrected chi connectivity index (χ3v) is 7.04. The van der Waals surface area contributed by atoms with E-state index in [2.05, 4.69) is 52.2 Å². The molecule has 2 rings (SSSR count). The van der Waals surface area contributed by atoms with Gasteiger partial charge >= 0.3 is 5.97 Å². The number of rotatable bonds is 19. The molecule has 0 radical (unpaired) electrons. The Balaban J connectivity index is 1.71. The summed E-state index contributed by atoms with van der Waals surface area (Å²) < 4.78 is 12.3. The van der Waals surface area contributed by atoms with Gasteiger partial charge in [0.2, 0.25) is 0 Å². The van der Waals surface area contributed by atoms with E-state index in [1.165, 1.54) is 68.9 Å². The van der Waals surface area contributed by atoms with Crippen LogP contribution in [0.2, 0.25) is 0 Å². The molecule has 1 atom stereocenters. The van der Waals surface area contributed by atoms with Gasteiger partial charge in [0.05, 0.1) is 14.1 Å². The van der Waals surface area contributed by atoms with Crippen molar-refractivity contribution in [2.45, 2.75) is 97.1 Å². The van der Waals surface area contributed by atoms with E-state index in [0.717, 1.165) is 25.1 Å². The van der Waals surface area contributed by atoms with Gasteiger partial charge in [0, 0.05) is 12.0 Å². The first-order valence-corrected chi connectivity index (χ1v) is 14.2. The van der Waals surface area contributed by atoms with E-state index >= 15 is 0 Å². The quantitative estimate of drug-likeness (QED) is 0.113. The number of hydrogen-bond acceptors (Lipinski definition) is 3. The molecule has 0 bridgehead atoms. The second-order valence-corrected chi connectivity index (χ2v) is 10.5. The Kier molecular flexibility index (Phi) is 14.3. The molecule has 0 fully saturated rings. The number of aryl methyl sites for hydroxylation is 1. The lowest BCUT2D eigenvalue weighted by molar-refractivity contribution is -0.919. The Labute approximate surface area is 220 Å². The number of carbonyl (C=O) groups excluding carboxylic acids is 1. The van der Waals surface area contributed by atoms with Gasteiger partial charge in [-0.1, -0.05) is 114 Å². The highest BCUT2D eigenvalue weighted by atomic mass is 16.6. The van der Waals surface area contributed by atoms with Crippen LogP contribution in [0, 0.1) is 0 Å². The summed E-state index contributed by atoms with van der Waals surface area (Å²) in [6, 6.07) is 18.4. The molecule has 2 aromatic carbocycles. The van der Waals surface area contributed by atoms with Crippen molar-refractivity contribution in [3.8, 4) is 5.75 Å². The number of benzene rings is 2. The van der Waals surface area contributed by atoms with Crippen LogP contribution in [0.25, 0.3) is 0 Å². The molecule has 4 heteroatoms. The lowest BCUT2D eigenvalue weighted by Gasteiger charge is -2.36. The Morgan fingerprint density at radius 3 is 2.06 bits per heavy atom. The minimum atomic E-state index is -0.205. The summed E-state index contributed by atoms with van der Waals surface area (Å²) >= 11 is 0. The molecule has 0 saturated heterocycles. The van der Waals surface area contributed by atoms with Crippen molar-refractivity contribution in [1.29, 1.82) is 0 Å². The van der Waals surface area contributed by atoms with Crippen molar-refractivity contribution in [2.75, 3.05) is 27.3 Å². The normalized spacial score (nSPS) is 12.3. The van der Waals surface area contributed by atoms with Gasteiger partial charge in [0.1, 0.15) is 25.5 Å². The number of nitrogens with zero attached hydrogens (tertiary/aromatic N) is 1. The van der Waals surface area contributed by atoms with Crippen LogP contribution in [0.15, 0.2) is 54.6 Å². The lowest BCUT2D eigenvalue weighted by atomic mass is 10.0. The summed E-state index contributed by atoms with van der Waals surface area (Å²) in [6.45, 7) is 5.76. The number of carbonyl (C=O) groups is 1. The number of hydrogen-bond donors (Lipinski definition) is 0. The van der Waals surface area contributed by atoms with E-state index in [1.807, 2.05) is 30.3 Å². The van der Waals surface area contributed by atoms with Crippen LogP contribution in [-0.4, -0.2) is 43.8 Å². The zero-order chi connectivity index (χ0) is 26.1. The highest BCUT2D eigenvalue weighted by Crippen LogP contribution is 2.22. The van der Waals surface area contributed by atoms with Crippen LogP contribution in [0.3, 0.4) is 0 Å². The maximum absolute atomic E-state index is 12.9. The fourth-order valence-electron chi connectivity index (χ4n) is 4.98. The molecule has 0 aromatic heterocycles. The topological polar surface area (TPSA) is 35.5 Å². The van der Waals surface area contributed by atoms with Crippen molar-refractivity contribution in [3.05, 3.63) is 65.7 Å². The molecule has 2 aromatic rings. The number of unbranched alkanes of at least 4 members (excludes halogenated alkanes) is 8. The highest BCUT2D eigenvalue weighted by molar-refractivity contribution is 5.74. The largest absolute Gasteiger partial charge is 0.490 e. The SMILES string of the molecule is CCCCCCCCCCCc1ccccc1OCCOC(=O)C(CC)[N+](C)(C)Cc1ccccc1. The van der Waals surface area contributed by atoms with Crippen molar-refractivity contribution in [2.24, 2.45) is 0 Å². The minimum absolute atomic E-state index is 0.148. The molecule has 0 amide bonds. The fraction of sp³-hybridized carbons (Fsp3) is 0.594. The molecule has 0 N–H and O–H groups in total. The van der Waals surface area contributed by atoms with Crippen LogP contribution in [0.4, 0.5) is 0 Å². The molecular formula is C32H50NO3+. The summed E-state index contributed by atoms with van der Waals surface area (Å²) in [7, 11) is 4.20. The number of esters is 1. The maximum Gasteiger partial charge on any atom is 0.365 e. The van der Waals surface area contributed by atoms with E-state index in [4.69, 9.17) is 9.47 Å². The van der Waals surface area contributed by atoms with Gasteiger partial charge in [-0.05, 0) is 24.5 Å². The van der Waals surface area contributed by atoms with E-state index < -0.39 is 0 Å². The third kappa shape index (κ3) is 11.2. The zero-order valence-corrected chi connectivity index (χ0v) is 23.3. The molecule has 36 heavy (non-hydrogen) atoms. The second-order valence-electron chi connectivity index (χ2n) is 10.5. The summed E-state index contributed by atoms with van der Waals surface area (Å²) in [5.41, 5.74) is 2.47. The fourth-order valence-corrected chi connectivity index (χ4v) is 4.98. The predicted octanol–water partition coefficient (Wildman–Crippen LogP) is 7.74. The zero-order valence-electron chi connectivity index (χ0n) is 23.3. The molecule has 1 unspecified atom stereocenters. The van der Waals surface area contributed by atoms with Gasteiger partial charge in [0.25, 0.3) is 0 Å². The average molecular weight is 497 g/mol. The predicted molar refractivity (Wildman–Crippen MR) is 150 cm³/mol. The van der Waals surface area contributed by atoms with Gasteiger partial charge < -0.3 is 14.0 Å². The standard InChI is InChI=1S/C32H50NO3/c1-5-7-8-9-10-11-12-13-17-22-29-23-18-19-24-31(29)35-25-26-36-32(34)30(6-2)33(3,4)27-28-20-15-14-16-21-28/h14-16,18-21,23-24,30H,5-13,17,22,25-27H2,1-4H3/q+1. The van der Waals surface area contributed by atoms with Gasteiger partial charge in [-0.25, -0.2) is 4.79 Å². The third-order valence-electron chi connectivity index (χ3n) is 7.04. The number of likely N-dealkylation sites (N-methyl/N-ethyl adjacent to an activating group) is 1. The van der Waals surface area contributed by atoms with Gasteiger partial charge in [-0.2, -0.15) is 0 Å². The Bertz CT molecular complexity index is 849. The molecule has 200 valence electrons. The Hall–Kier alpha value is -2.33. The molecule has 0 aliphatic rings. The first kappa shape index (κ1) is 29.9. The Morgan fingerprint density at radius 1 is 0.778 bits per heavy atom. The molecule has 0 spiro atoms. The van der Waals surface area contributed by atoms with Crippen LogP contribution in [0.5, 0.6) is 5.75 Å². The molecule has 0 aliphatic carbocycles. The van der Waals surface area contributed by atoms with Crippen LogP contribution in [0.1, 0.15) is 89.2 Å². The van der Waals surface area contributed by atoms with E-state index in [-0.39, 0.29) is 18.6 Å². The van der Waals surface area contributed by atoms with Gasteiger partial charge in [-0.15, -0.1) is 0 Å². The summed E-state index contributed by atoms with van der Waals surface area (Å²) in [5.74, 6) is 0.769. The summed E-state index contributed by atoms with van der Waals surface area (Å²) in [6.07, 6.45) is 13.8. The van der Waals surface area contributed by atoms with Crippen LogP contribution >= 0.6 is 0 Å². The Morgan fingerprint density at radius 2 is 1.39 bits per heavy atom. The van der Waals surface area contributed by atoms with Crippen molar-refractivity contribution in [3.63, 3.8) is 0 Å². The highest BCUT2D eigenvalue weighted by Gasteiger charge is 2.34. The summed E-state index contributed by atoms with van der Waals surface area (Å²) in [5, 5.41) is 0. The summed E-state index contributed by atoms with van der Waals surface area (Å²) in [4.78, 5) is 12.9. The van der Waals surface area contributed by atoms with E-state index in [9.17, 15) is 4.79 Å². The van der Waals surface area contributed by atoms with E-state index in [1.54, 1.807) is 0 Å². The lowest BCUT2D eigenvalue weighted by Crippen LogP contribution is -2.52. The monoisotopic (exact) mass is 496 g/mol. The van der Waals surface area contributed by atoms with Gasteiger partial charge in [0.15, 0.2) is 6.04 Å². The molecule has 4 nitrogen and oxygen atoms in total. The molecule has 0 aliphatic heterocycles. The average Bonchev–Trinajstić information content (AvgIpc) is 2.87. The van der Waals surface area contributed by atoms with E-state index in [0.29, 0.717) is 11.1 Å². The number of quaternary nitrogens is 1. The van der Waals surface area contributed by atoms with Crippen molar-refractivity contribution in [1.82, 2.24) is 0 Å². The minimum Gasteiger partial charge on any atom is -0.490 e. The van der Waals surface area contributed by atoms with Crippen LogP contribution < -0.4 is 4.74 Å². The number of ether oxygens (including phenoxy) is 2. The van der Waals surface area contributed by atoms with Crippen LogP contribution in [-0.2, 0) is 22.5 Å². The number of para-hydroxylation sites is 1. The smallest absolute Gasteiger partial charge is 0.365 e. The first-order valence-electron chi connectivity index (χ1n) is 14.2. The van der Waals surface area contributed by atoms with Gasteiger partial charge in [-0.3, -0.25) is 0 Å². The van der Waals surface area contributed by atoms with Crippen molar-refractivity contribution < 1.29 is 18.8 Å².